The van der Waals surface area contributed by atoms with Crippen LogP contribution in [0.15, 0.2) is 0 Å². The molecule has 2 unspecified atom stereocenters. The summed E-state index contributed by atoms with van der Waals surface area (Å²) in [5, 5.41) is -0.865. The van der Waals surface area contributed by atoms with Gasteiger partial charge in [-0.25, -0.2) is 16.8 Å². The van der Waals surface area contributed by atoms with Crippen molar-refractivity contribution in [2.24, 2.45) is 16.7 Å². The monoisotopic (exact) mass is 308 g/mol. The first-order valence-electron chi connectivity index (χ1n) is 6.31. The minimum Gasteiger partial charge on any atom is -0.299 e. The molecule has 0 aromatic carbocycles. The molecule has 2 bridgehead atoms. The lowest BCUT2D eigenvalue weighted by Crippen LogP contribution is -2.43. The summed E-state index contributed by atoms with van der Waals surface area (Å²) in [5.41, 5.74) is -1.23. The van der Waals surface area contributed by atoms with E-state index in [2.05, 4.69) is 0 Å². The van der Waals surface area contributed by atoms with Gasteiger partial charge in [0.2, 0.25) is 0 Å². The summed E-state index contributed by atoms with van der Waals surface area (Å²) in [5.74, 6) is -0.102. The van der Waals surface area contributed by atoms with E-state index in [1.54, 1.807) is 0 Å². The first kappa shape index (κ1) is 15.0. The highest BCUT2D eigenvalue weighted by Crippen LogP contribution is 2.64. The van der Waals surface area contributed by atoms with Crippen molar-refractivity contribution in [3.8, 4) is 0 Å². The molecule has 7 heteroatoms. The van der Waals surface area contributed by atoms with E-state index in [-0.39, 0.29) is 22.9 Å². The Kier molecular flexibility index (Phi) is 3.18. The fraction of sp³-hybridized carbons (Fsp3) is 0.917. The largest absolute Gasteiger partial charge is 0.299 e. The van der Waals surface area contributed by atoms with Crippen LogP contribution in [-0.4, -0.2) is 39.7 Å². The number of fused-ring (bicyclic) bond motifs is 2. The molecule has 2 fully saturated rings. The quantitative estimate of drug-likeness (QED) is 0.767. The number of Topliss-reactive ketones (excluding diaryl/α,β-unsaturated/α-hetero) is 1. The van der Waals surface area contributed by atoms with E-state index in [9.17, 15) is 21.6 Å². The molecule has 0 heterocycles. The minimum absolute atomic E-state index is 0.00849. The number of carbonyl (C=O) groups is 1. The van der Waals surface area contributed by atoms with Crippen molar-refractivity contribution in [1.29, 1.82) is 0 Å². The summed E-state index contributed by atoms with van der Waals surface area (Å²) in [6, 6.07) is 0. The SMILES string of the molecule is CC1(C)C2CCC1(CS(=O)(=O)CS(C)(=O)=O)C(=O)C2. The predicted octanol–water partition coefficient (Wildman–Crippen LogP) is 0.799. The van der Waals surface area contributed by atoms with Gasteiger partial charge in [-0.05, 0) is 24.2 Å². The van der Waals surface area contributed by atoms with Crippen LogP contribution in [0.5, 0.6) is 0 Å². The van der Waals surface area contributed by atoms with Gasteiger partial charge in [0, 0.05) is 18.1 Å². The molecule has 19 heavy (non-hydrogen) atoms. The number of sulfone groups is 2. The molecular weight excluding hydrogens is 288 g/mol. The summed E-state index contributed by atoms with van der Waals surface area (Å²) in [6.07, 6.45) is 2.75. The van der Waals surface area contributed by atoms with Gasteiger partial charge in [-0.2, -0.15) is 0 Å². The maximum absolute atomic E-state index is 12.2. The van der Waals surface area contributed by atoms with Gasteiger partial charge in [0.25, 0.3) is 0 Å². The Balaban J connectivity index is 2.35. The lowest BCUT2D eigenvalue weighted by atomic mass is 9.70. The van der Waals surface area contributed by atoms with E-state index >= 15 is 0 Å². The first-order valence-corrected chi connectivity index (χ1v) is 10.2. The Morgan fingerprint density at radius 1 is 1.21 bits per heavy atom. The topological polar surface area (TPSA) is 85.3 Å². The van der Waals surface area contributed by atoms with Crippen LogP contribution in [0.1, 0.15) is 33.1 Å². The first-order chi connectivity index (χ1) is 8.40. The third kappa shape index (κ3) is 2.35. The Hall–Kier alpha value is -0.430. The highest BCUT2D eigenvalue weighted by molar-refractivity contribution is 8.07. The third-order valence-electron chi connectivity index (χ3n) is 5.00. The summed E-state index contributed by atoms with van der Waals surface area (Å²) in [4.78, 5) is 12.2. The Morgan fingerprint density at radius 3 is 2.16 bits per heavy atom. The molecule has 0 aromatic heterocycles. The van der Waals surface area contributed by atoms with E-state index in [1.165, 1.54) is 0 Å². The Morgan fingerprint density at radius 2 is 1.79 bits per heavy atom. The second kappa shape index (κ2) is 4.04. The molecule has 2 rings (SSSR count). The van der Waals surface area contributed by atoms with Crippen molar-refractivity contribution >= 4 is 25.5 Å². The molecule has 0 N–H and O–H groups in total. The number of carbonyl (C=O) groups excluding carboxylic acids is 1. The second-order valence-electron chi connectivity index (χ2n) is 6.60. The number of ketones is 1. The fourth-order valence-electron chi connectivity index (χ4n) is 3.85. The molecule has 110 valence electrons. The van der Waals surface area contributed by atoms with Gasteiger partial charge in [-0.15, -0.1) is 0 Å². The summed E-state index contributed by atoms with van der Waals surface area (Å²) in [6.45, 7) is 3.87. The molecule has 0 aliphatic heterocycles. The molecule has 0 aromatic rings. The Bertz CT molecular complexity index is 615. The van der Waals surface area contributed by atoms with Crippen molar-refractivity contribution < 1.29 is 21.6 Å². The average Bonchev–Trinajstić information content (AvgIpc) is 2.46. The molecule has 0 amide bonds. The number of hydrogen-bond acceptors (Lipinski definition) is 5. The molecule has 0 saturated heterocycles. The average molecular weight is 308 g/mol. The highest BCUT2D eigenvalue weighted by Gasteiger charge is 2.65. The van der Waals surface area contributed by atoms with Crippen LogP contribution in [0.4, 0.5) is 0 Å². The zero-order valence-electron chi connectivity index (χ0n) is 11.5. The third-order valence-corrected chi connectivity index (χ3v) is 9.08. The van der Waals surface area contributed by atoms with E-state index in [0.29, 0.717) is 12.8 Å². The minimum atomic E-state index is -3.78. The van der Waals surface area contributed by atoms with Crippen molar-refractivity contribution in [2.45, 2.75) is 33.1 Å². The molecular formula is C12H20O5S2. The molecule has 0 spiro atoms. The summed E-state index contributed by atoms with van der Waals surface area (Å²) >= 11 is 0. The van der Waals surface area contributed by atoms with Gasteiger partial charge in [-0.1, -0.05) is 13.8 Å². The lowest BCUT2D eigenvalue weighted by Gasteiger charge is -2.36. The van der Waals surface area contributed by atoms with E-state index < -0.39 is 30.2 Å². The molecule has 2 aliphatic carbocycles. The van der Waals surface area contributed by atoms with E-state index in [1.807, 2.05) is 13.8 Å². The smallest absolute Gasteiger partial charge is 0.165 e. The zero-order chi connectivity index (χ0) is 14.7. The van der Waals surface area contributed by atoms with Gasteiger partial charge in [0.05, 0.1) is 5.75 Å². The highest BCUT2D eigenvalue weighted by atomic mass is 32.3. The van der Waals surface area contributed by atoms with Crippen LogP contribution in [0, 0.1) is 16.7 Å². The van der Waals surface area contributed by atoms with Gasteiger partial charge in [-0.3, -0.25) is 4.79 Å². The van der Waals surface area contributed by atoms with Crippen LogP contribution in [0.2, 0.25) is 0 Å². The Labute approximate surface area is 114 Å². The standard InChI is InChI=1S/C12H20O5S2/c1-11(2)9-4-5-12(11,10(13)6-9)7-19(16,17)8-18(3,14)15/h9H,4-8H2,1-3H3. The van der Waals surface area contributed by atoms with Gasteiger partial charge in [0.1, 0.15) is 5.78 Å². The molecule has 2 saturated carbocycles. The van der Waals surface area contributed by atoms with Gasteiger partial charge < -0.3 is 0 Å². The zero-order valence-corrected chi connectivity index (χ0v) is 13.1. The second-order valence-corrected chi connectivity index (χ2v) is 11.2. The van der Waals surface area contributed by atoms with Gasteiger partial charge >= 0.3 is 0 Å². The fourth-order valence-corrected chi connectivity index (χ4v) is 8.22. The van der Waals surface area contributed by atoms with Gasteiger partial charge in [0.15, 0.2) is 24.8 Å². The van der Waals surface area contributed by atoms with Crippen molar-refractivity contribution in [1.82, 2.24) is 0 Å². The normalized spacial score (nSPS) is 33.8. The maximum atomic E-state index is 12.2. The van der Waals surface area contributed by atoms with Crippen LogP contribution in [0.3, 0.4) is 0 Å². The summed E-state index contributed by atoms with van der Waals surface area (Å²) in [7, 11) is -7.38. The lowest BCUT2D eigenvalue weighted by molar-refractivity contribution is -0.128. The number of rotatable bonds is 4. The van der Waals surface area contributed by atoms with Crippen LogP contribution in [-0.2, 0) is 24.5 Å². The predicted molar refractivity (Wildman–Crippen MR) is 72.1 cm³/mol. The summed E-state index contributed by atoms with van der Waals surface area (Å²) < 4.78 is 46.6. The molecule has 2 aliphatic rings. The van der Waals surface area contributed by atoms with Crippen molar-refractivity contribution in [3.63, 3.8) is 0 Å². The van der Waals surface area contributed by atoms with Crippen LogP contribution in [0.25, 0.3) is 0 Å². The van der Waals surface area contributed by atoms with Crippen LogP contribution >= 0.6 is 0 Å². The molecule has 5 nitrogen and oxygen atoms in total. The van der Waals surface area contributed by atoms with Crippen molar-refractivity contribution in [3.05, 3.63) is 0 Å². The molecule has 2 atom stereocenters. The maximum Gasteiger partial charge on any atom is 0.165 e. The van der Waals surface area contributed by atoms with E-state index in [0.717, 1.165) is 12.7 Å². The number of hydrogen-bond donors (Lipinski definition) is 0. The van der Waals surface area contributed by atoms with Crippen LogP contribution < -0.4 is 0 Å². The van der Waals surface area contributed by atoms with E-state index in [4.69, 9.17) is 0 Å². The molecule has 0 radical (unpaired) electrons. The van der Waals surface area contributed by atoms with Crippen molar-refractivity contribution in [2.75, 3.05) is 17.1 Å².